The summed E-state index contributed by atoms with van der Waals surface area (Å²) in [5.41, 5.74) is 2.88. The average molecular weight is 297 g/mol. The van der Waals surface area contributed by atoms with Crippen molar-refractivity contribution in [2.45, 2.75) is 57.7 Å². The first kappa shape index (κ1) is 14.8. The fourth-order valence-electron chi connectivity index (χ4n) is 2.07. The third kappa shape index (κ3) is 5.72. The number of alkyl halides is 1. The zero-order valence-electron chi connectivity index (χ0n) is 11.4. The van der Waals surface area contributed by atoms with Gasteiger partial charge in [-0.3, -0.25) is 0 Å². The predicted molar refractivity (Wildman–Crippen MR) is 80.8 cm³/mol. The summed E-state index contributed by atoms with van der Waals surface area (Å²) in [5, 5.41) is 0. The monoisotopic (exact) mass is 296 g/mol. The van der Waals surface area contributed by atoms with Crippen LogP contribution in [0.2, 0.25) is 0 Å². The molecule has 0 amide bonds. The fraction of sp³-hybridized carbons (Fsp3) is 0.625. The largest absolute Gasteiger partial charge is 0.0839 e. The summed E-state index contributed by atoms with van der Waals surface area (Å²) in [5.74, 6) is 0.741. The fourth-order valence-corrected chi connectivity index (χ4v) is 2.70. The van der Waals surface area contributed by atoms with Crippen LogP contribution in [0.1, 0.15) is 62.4 Å². The molecule has 0 fully saturated rings. The highest BCUT2D eigenvalue weighted by Gasteiger charge is 2.07. The van der Waals surface area contributed by atoms with Crippen molar-refractivity contribution in [3.05, 3.63) is 35.4 Å². The molecule has 96 valence electrons. The molecule has 0 aliphatic heterocycles. The first-order valence-electron chi connectivity index (χ1n) is 6.86. The molecule has 0 heterocycles. The molecular weight excluding hydrogens is 272 g/mol. The van der Waals surface area contributed by atoms with E-state index in [1.54, 1.807) is 0 Å². The highest BCUT2D eigenvalue weighted by Crippen LogP contribution is 2.28. The minimum atomic E-state index is 0.530. The SMILES string of the molecule is CCCCCC(Br)c1ccc(CC(C)C)cc1. The molecule has 0 saturated heterocycles. The van der Waals surface area contributed by atoms with Crippen LogP contribution in [0.4, 0.5) is 0 Å². The van der Waals surface area contributed by atoms with Crippen molar-refractivity contribution in [2.24, 2.45) is 5.92 Å². The molecule has 1 rings (SSSR count). The number of rotatable bonds is 7. The molecule has 1 atom stereocenters. The lowest BCUT2D eigenvalue weighted by molar-refractivity contribution is 0.646. The van der Waals surface area contributed by atoms with Gasteiger partial charge in [-0.25, -0.2) is 0 Å². The van der Waals surface area contributed by atoms with E-state index in [0.717, 1.165) is 5.92 Å². The molecule has 0 bridgehead atoms. The van der Waals surface area contributed by atoms with Gasteiger partial charge in [0.1, 0.15) is 0 Å². The molecular formula is C16H25Br. The maximum atomic E-state index is 3.79. The van der Waals surface area contributed by atoms with Crippen molar-refractivity contribution in [1.29, 1.82) is 0 Å². The van der Waals surface area contributed by atoms with E-state index in [4.69, 9.17) is 0 Å². The smallest absolute Gasteiger partial charge is 0.0395 e. The third-order valence-corrected chi connectivity index (χ3v) is 4.03. The van der Waals surface area contributed by atoms with Crippen molar-refractivity contribution in [2.75, 3.05) is 0 Å². The lowest BCUT2D eigenvalue weighted by Gasteiger charge is -2.11. The van der Waals surface area contributed by atoms with Crippen LogP contribution >= 0.6 is 15.9 Å². The highest BCUT2D eigenvalue weighted by atomic mass is 79.9. The van der Waals surface area contributed by atoms with Crippen LogP contribution in [0.3, 0.4) is 0 Å². The molecule has 1 unspecified atom stereocenters. The van der Waals surface area contributed by atoms with Crippen molar-refractivity contribution in [3.63, 3.8) is 0 Å². The molecule has 0 spiro atoms. The number of hydrogen-bond acceptors (Lipinski definition) is 0. The number of hydrogen-bond donors (Lipinski definition) is 0. The van der Waals surface area contributed by atoms with Gasteiger partial charge in [0, 0.05) is 4.83 Å². The van der Waals surface area contributed by atoms with Crippen molar-refractivity contribution < 1.29 is 0 Å². The molecule has 0 aliphatic rings. The van der Waals surface area contributed by atoms with Gasteiger partial charge in [-0.05, 0) is 29.9 Å². The van der Waals surface area contributed by atoms with Crippen LogP contribution in [-0.4, -0.2) is 0 Å². The molecule has 17 heavy (non-hydrogen) atoms. The van der Waals surface area contributed by atoms with Crippen LogP contribution in [0, 0.1) is 5.92 Å². The van der Waals surface area contributed by atoms with E-state index in [-0.39, 0.29) is 0 Å². The standard InChI is InChI=1S/C16H25Br/c1-4-5-6-7-16(17)15-10-8-14(9-11-15)12-13(2)3/h8-11,13,16H,4-7,12H2,1-3H3. The Morgan fingerprint density at radius 2 is 1.71 bits per heavy atom. The van der Waals surface area contributed by atoms with Crippen molar-refractivity contribution in [3.8, 4) is 0 Å². The molecule has 0 nitrogen and oxygen atoms in total. The Morgan fingerprint density at radius 1 is 1.06 bits per heavy atom. The first-order valence-corrected chi connectivity index (χ1v) is 7.78. The summed E-state index contributed by atoms with van der Waals surface area (Å²) in [6.07, 6.45) is 6.39. The lowest BCUT2D eigenvalue weighted by Crippen LogP contribution is -1.95. The van der Waals surface area contributed by atoms with E-state index in [0.29, 0.717) is 4.83 Å². The topological polar surface area (TPSA) is 0 Å². The minimum Gasteiger partial charge on any atom is -0.0839 e. The highest BCUT2D eigenvalue weighted by molar-refractivity contribution is 9.09. The minimum absolute atomic E-state index is 0.530. The van der Waals surface area contributed by atoms with Gasteiger partial charge < -0.3 is 0 Å². The summed E-state index contributed by atoms with van der Waals surface area (Å²) in [6.45, 7) is 6.79. The predicted octanol–water partition coefficient (Wildman–Crippen LogP) is 5.90. The summed E-state index contributed by atoms with van der Waals surface area (Å²) >= 11 is 3.79. The van der Waals surface area contributed by atoms with Gasteiger partial charge in [0.25, 0.3) is 0 Å². The number of benzene rings is 1. The van der Waals surface area contributed by atoms with Gasteiger partial charge in [0.05, 0.1) is 0 Å². The van der Waals surface area contributed by atoms with Crippen molar-refractivity contribution >= 4 is 15.9 Å². The van der Waals surface area contributed by atoms with Gasteiger partial charge >= 0.3 is 0 Å². The molecule has 0 aromatic heterocycles. The summed E-state index contributed by atoms with van der Waals surface area (Å²) in [6, 6.07) is 9.12. The zero-order chi connectivity index (χ0) is 12.7. The van der Waals surface area contributed by atoms with Crippen LogP contribution in [0.5, 0.6) is 0 Å². The summed E-state index contributed by atoms with van der Waals surface area (Å²) in [4.78, 5) is 0.530. The molecule has 0 saturated carbocycles. The Bertz CT molecular complexity index is 300. The number of halogens is 1. The van der Waals surface area contributed by atoms with Crippen LogP contribution in [0.15, 0.2) is 24.3 Å². The van der Waals surface area contributed by atoms with Crippen LogP contribution in [-0.2, 0) is 6.42 Å². The average Bonchev–Trinajstić information content (AvgIpc) is 2.29. The maximum Gasteiger partial charge on any atom is 0.0395 e. The third-order valence-electron chi connectivity index (χ3n) is 3.05. The first-order chi connectivity index (χ1) is 8.13. The normalized spacial score (nSPS) is 13.0. The number of unbranched alkanes of at least 4 members (excludes halogenated alkanes) is 2. The summed E-state index contributed by atoms with van der Waals surface area (Å²) in [7, 11) is 0. The van der Waals surface area contributed by atoms with Crippen LogP contribution in [0.25, 0.3) is 0 Å². The quantitative estimate of drug-likeness (QED) is 0.434. The molecule has 0 aliphatic carbocycles. The Balaban J connectivity index is 2.48. The zero-order valence-corrected chi connectivity index (χ0v) is 13.0. The van der Waals surface area contributed by atoms with E-state index in [2.05, 4.69) is 61.0 Å². The Hall–Kier alpha value is -0.300. The molecule has 0 radical (unpaired) electrons. The van der Waals surface area contributed by atoms with Gasteiger partial charge in [0.2, 0.25) is 0 Å². The Labute approximate surface area is 115 Å². The molecule has 1 aromatic rings. The van der Waals surface area contributed by atoms with E-state index in [1.165, 1.54) is 43.2 Å². The Morgan fingerprint density at radius 3 is 2.24 bits per heavy atom. The van der Waals surface area contributed by atoms with E-state index in [9.17, 15) is 0 Å². The Kier molecular flexibility index (Phi) is 6.87. The second-order valence-corrected chi connectivity index (χ2v) is 6.41. The van der Waals surface area contributed by atoms with E-state index in [1.807, 2.05) is 0 Å². The lowest BCUT2D eigenvalue weighted by atomic mass is 10.00. The summed E-state index contributed by atoms with van der Waals surface area (Å²) < 4.78 is 0. The van der Waals surface area contributed by atoms with E-state index >= 15 is 0 Å². The van der Waals surface area contributed by atoms with Crippen LogP contribution < -0.4 is 0 Å². The van der Waals surface area contributed by atoms with Crippen molar-refractivity contribution in [1.82, 2.24) is 0 Å². The second kappa shape index (κ2) is 7.92. The second-order valence-electron chi connectivity index (χ2n) is 5.30. The van der Waals surface area contributed by atoms with Gasteiger partial charge in [0.15, 0.2) is 0 Å². The van der Waals surface area contributed by atoms with Gasteiger partial charge in [-0.2, -0.15) is 0 Å². The van der Waals surface area contributed by atoms with Gasteiger partial charge in [-0.1, -0.05) is 80.2 Å². The molecule has 1 aromatic carbocycles. The molecule has 0 N–H and O–H groups in total. The van der Waals surface area contributed by atoms with E-state index < -0.39 is 0 Å². The van der Waals surface area contributed by atoms with Gasteiger partial charge in [-0.15, -0.1) is 0 Å². The molecule has 1 heteroatoms. The maximum absolute atomic E-state index is 3.79.